The van der Waals surface area contributed by atoms with Gasteiger partial charge in [-0.05, 0) is 55.3 Å². The SMILES string of the molecule is CCS(=O)(=O)c1ccc(C(=O)N(CC2CCCO2)c2nc3ccc(Br)cc3s2)cc1. The summed E-state index contributed by atoms with van der Waals surface area (Å²) in [6.45, 7) is 2.71. The van der Waals surface area contributed by atoms with Crippen LogP contribution in [0.1, 0.15) is 30.1 Å². The Balaban J connectivity index is 1.68. The Kier molecular flexibility index (Phi) is 6.24. The largest absolute Gasteiger partial charge is 0.376 e. The number of sulfone groups is 1. The molecule has 1 fully saturated rings. The third-order valence-corrected chi connectivity index (χ3v) is 8.35. The number of hydrogen-bond donors (Lipinski definition) is 0. The second-order valence-electron chi connectivity index (χ2n) is 7.09. The first-order valence-corrected chi connectivity index (χ1v) is 13.0. The van der Waals surface area contributed by atoms with E-state index in [-0.39, 0.29) is 22.7 Å². The molecule has 2 heterocycles. The fraction of sp³-hybridized carbons (Fsp3) is 0.333. The Morgan fingerprint density at radius 2 is 2.03 bits per heavy atom. The number of benzene rings is 2. The molecule has 0 spiro atoms. The molecule has 1 aliphatic rings. The van der Waals surface area contributed by atoms with Crippen LogP contribution in [0.25, 0.3) is 10.2 Å². The van der Waals surface area contributed by atoms with E-state index in [1.807, 2.05) is 18.2 Å². The molecule has 2 aromatic carbocycles. The quantitative estimate of drug-likeness (QED) is 0.483. The number of anilines is 1. The standard InChI is InChI=1S/C21H21BrN2O4S2/c1-2-30(26,27)17-8-5-14(6-9-17)20(25)24(13-16-4-3-11-28-16)21-23-18-10-7-15(22)12-19(18)29-21/h5-10,12,16H,2-4,11,13H2,1H3. The minimum atomic E-state index is -3.31. The van der Waals surface area contributed by atoms with E-state index in [0.717, 1.165) is 27.5 Å². The molecule has 0 saturated carbocycles. The number of aromatic nitrogens is 1. The van der Waals surface area contributed by atoms with Gasteiger partial charge in [-0.15, -0.1) is 0 Å². The van der Waals surface area contributed by atoms with Gasteiger partial charge in [0.05, 0.1) is 33.5 Å². The molecule has 1 aromatic heterocycles. The number of nitrogens with zero attached hydrogens (tertiary/aromatic N) is 2. The highest BCUT2D eigenvalue weighted by atomic mass is 79.9. The fourth-order valence-corrected chi connectivity index (χ4v) is 5.78. The van der Waals surface area contributed by atoms with Crippen LogP contribution in [0, 0.1) is 0 Å². The van der Waals surface area contributed by atoms with Crippen molar-refractivity contribution < 1.29 is 17.9 Å². The number of carbonyl (C=O) groups excluding carboxylic acids is 1. The second-order valence-corrected chi connectivity index (χ2v) is 11.3. The summed E-state index contributed by atoms with van der Waals surface area (Å²) in [6.07, 6.45) is 1.84. The van der Waals surface area contributed by atoms with Crippen molar-refractivity contribution in [3.63, 3.8) is 0 Å². The van der Waals surface area contributed by atoms with Crippen LogP contribution in [0.2, 0.25) is 0 Å². The minimum Gasteiger partial charge on any atom is -0.376 e. The molecule has 1 atom stereocenters. The molecule has 158 valence electrons. The summed E-state index contributed by atoms with van der Waals surface area (Å²) in [5.41, 5.74) is 1.25. The highest BCUT2D eigenvalue weighted by molar-refractivity contribution is 9.10. The molecule has 4 rings (SSSR count). The molecule has 30 heavy (non-hydrogen) atoms. The van der Waals surface area contributed by atoms with Crippen LogP contribution < -0.4 is 4.90 Å². The number of amides is 1. The van der Waals surface area contributed by atoms with Crippen LogP contribution in [0.3, 0.4) is 0 Å². The number of hydrogen-bond acceptors (Lipinski definition) is 6. The van der Waals surface area contributed by atoms with Crippen LogP contribution >= 0.6 is 27.3 Å². The van der Waals surface area contributed by atoms with Gasteiger partial charge in [0.2, 0.25) is 0 Å². The molecule has 0 bridgehead atoms. The van der Waals surface area contributed by atoms with Gasteiger partial charge < -0.3 is 4.74 Å². The third kappa shape index (κ3) is 4.44. The smallest absolute Gasteiger partial charge is 0.260 e. The molecule has 1 saturated heterocycles. The van der Waals surface area contributed by atoms with E-state index in [1.165, 1.54) is 23.5 Å². The van der Waals surface area contributed by atoms with Gasteiger partial charge in [-0.1, -0.05) is 34.2 Å². The summed E-state index contributed by atoms with van der Waals surface area (Å²) in [5, 5.41) is 0.605. The molecule has 0 N–H and O–H groups in total. The lowest BCUT2D eigenvalue weighted by Gasteiger charge is -2.23. The number of carbonyl (C=O) groups is 1. The van der Waals surface area contributed by atoms with Crippen molar-refractivity contribution in [2.45, 2.75) is 30.8 Å². The van der Waals surface area contributed by atoms with E-state index in [9.17, 15) is 13.2 Å². The van der Waals surface area contributed by atoms with Crippen LogP contribution in [-0.4, -0.2) is 44.3 Å². The normalized spacial score (nSPS) is 16.8. The van der Waals surface area contributed by atoms with Crippen molar-refractivity contribution in [2.24, 2.45) is 0 Å². The van der Waals surface area contributed by atoms with E-state index >= 15 is 0 Å². The van der Waals surface area contributed by atoms with E-state index in [0.29, 0.717) is 23.8 Å². The number of halogens is 1. The number of rotatable bonds is 6. The Hall–Kier alpha value is -1.81. The van der Waals surface area contributed by atoms with E-state index in [2.05, 4.69) is 20.9 Å². The zero-order valence-corrected chi connectivity index (χ0v) is 19.6. The number of thiazole rings is 1. The van der Waals surface area contributed by atoms with Crippen LogP contribution in [0.5, 0.6) is 0 Å². The summed E-state index contributed by atoms with van der Waals surface area (Å²) in [7, 11) is -3.31. The van der Waals surface area contributed by atoms with Crippen molar-refractivity contribution in [1.29, 1.82) is 0 Å². The first-order chi connectivity index (χ1) is 14.4. The maximum Gasteiger partial charge on any atom is 0.260 e. The summed E-state index contributed by atoms with van der Waals surface area (Å²) in [5.74, 6) is -0.198. The van der Waals surface area contributed by atoms with Crippen molar-refractivity contribution in [3.8, 4) is 0 Å². The average Bonchev–Trinajstić information content (AvgIpc) is 3.40. The van der Waals surface area contributed by atoms with Gasteiger partial charge in [0.1, 0.15) is 0 Å². The molecule has 0 radical (unpaired) electrons. The topological polar surface area (TPSA) is 76.6 Å². The van der Waals surface area contributed by atoms with E-state index in [1.54, 1.807) is 24.0 Å². The molecule has 3 aromatic rings. The van der Waals surface area contributed by atoms with Gasteiger partial charge in [-0.3, -0.25) is 9.69 Å². The lowest BCUT2D eigenvalue weighted by atomic mass is 10.2. The highest BCUT2D eigenvalue weighted by Gasteiger charge is 2.27. The van der Waals surface area contributed by atoms with Gasteiger partial charge in [-0.2, -0.15) is 0 Å². The molecule has 6 nitrogen and oxygen atoms in total. The molecule has 0 aliphatic carbocycles. The number of ether oxygens (including phenoxy) is 1. The van der Waals surface area contributed by atoms with Crippen LogP contribution in [0.15, 0.2) is 51.8 Å². The molecule has 9 heteroatoms. The third-order valence-electron chi connectivity index (χ3n) is 5.07. The lowest BCUT2D eigenvalue weighted by molar-refractivity contribution is 0.0917. The van der Waals surface area contributed by atoms with E-state index in [4.69, 9.17) is 4.74 Å². The molecule has 1 unspecified atom stereocenters. The van der Waals surface area contributed by atoms with Crippen molar-refractivity contribution in [1.82, 2.24) is 4.98 Å². The summed E-state index contributed by atoms with van der Waals surface area (Å²) in [4.78, 5) is 19.9. The minimum absolute atomic E-state index is 0.0205. The predicted molar refractivity (Wildman–Crippen MR) is 122 cm³/mol. The maximum absolute atomic E-state index is 13.4. The predicted octanol–water partition coefficient (Wildman–Crippen LogP) is 4.68. The van der Waals surface area contributed by atoms with Crippen LogP contribution in [0.4, 0.5) is 5.13 Å². The molecule has 1 aliphatic heterocycles. The summed E-state index contributed by atoms with van der Waals surface area (Å²) < 4.78 is 31.8. The Morgan fingerprint density at radius 3 is 2.70 bits per heavy atom. The molecule has 1 amide bonds. The Morgan fingerprint density at radius 1 is 1.27 bits per heavy atom. The Labute approximate surface area is 187 Å². The van der Waals surface area contributed by atoms with E-state index < -0.39 is 9.84 Å². The van der Waals surface area contributed by atoms with Gasteiger partial charge in [0, 0.05) is 16.6 Å². The fourth-order valence-electron chi connectivity index (χ4n) is 3.37. The van der Waals surface area contributed by atoms with Crippen molar-refractivity contribution >= 4 is 58.4 Å². The van der Waals surface area contributed by atoms with Gasteiger partial charge in [0.25, 0.3) is 5.91 Å². The average molecular weight is 509 g/mol. The first kappa shape index (κ1) is 21.4. The van der Waals surface area contributed by atoms with Crippen molar-refractivity contribution in [2.75, 3.05) is 23.8 Å². The zero-order valence-electron chi connectivity index (χ0n) is 16.4. The molecular weight excluding hydrogens is 488 g/mol. The summed E-state index contributed by atoms with van der Waals surface area (Å²) in [6, 6.07) is 11.9. The second kappa shape index (κ2) is 8.74. The monoisotopic (exact) mass is 508 g/mol. The lowest BCUT2D eigenvalue weighted by Crippen LogP contribution is -2.37. The van der Waals surface area contributed by atoms with Crippen molar-refractivity contribution in [3.05, 3.63) is 52.5 Å². The van der Waals surface area contributed by atoms with Crippen LogP contribution in [-0.2, 0) is 14.6 Å². The van der Waals surface area contributed by atoms with Gasteiger partial charge in [-0.25, -0.2) is 13.4 Å². The van der Waals surface area contributed by atoms with Gasteiger partial charge in [0.15, 0.2) is 15.0 Å². The number of fused-ring (bicyclic) bond motifs is 1. The highest BCUT2D eigenvalue weighted by Crippen LogP contribution is 2.32. The first-order valence-electron chi connectivity index (χ1n) is 9.70. The van der Waals surface area contributed by atoms with Gasteiger partial charge >= 0.3 is 0 Å². The summed E-state index contributed by atoms with van der Waals surface area (Å²) >= 11 is 4.92. The zero-order chi connectivity index (χ0) is 21.3. The Bertz CT molecular complexity index is 1170. The molecular formula is C21H21BrN2O4S2. The maximum atomic E-state index is 13.4.